The van der Waals surface area contributed by atoms with Gasteiger partial charge in [-0.1, -0.05) is 75.6 Å². The second-order valence-electron chi connectivity index (χ2n) is 8.85. The number of hydrogen-bond acceptors (Lipinski definition) is 2. The molecule has 1 aromatic carbocycles. The van der Waals surface area contributed by atoms with Crippen LogP contribution in [0.3, 0.4) is 0 Å². The zero-order chi connectivity index (χ0) is 24.5. The Morgan fingerprint density at radius 3 is 2.15 bits per heavy atom. The van der Waals surface area contributed by atoms with Crippen LogP contribution in [0.25, 0.3) is 29.5 Å². The van der Waals surface area contributed by atoms with Crippen molar-refractivity contribution in [2.24, 2.45) is 5.41 Å². The van der Waals surface area contributed by atoms with Gasteiger partial charge in [0.2, 0.25) is 0 Å². The standard InChI is InChI=1S/C29H34BNO2/c1-9-13-14-25-19(5)20(6)27(29(25,7)8)28-24(11-3)23(10-2)26(12-4)31(28)22-17-15-21(16-18-22)30(32)33/h9-18,32-33H,3,5H2,1-2,4,6-8H3/b13-9-,23-10-,25-14+,26-12+. The van der Waals surface area contributed by atoms with E-state index in [2.05, 4.69) is 62.8 Å². The van der Waals surface area contributed by atoms with Crippen LogP contribution < -0.4 is 16.0 Å². The van der Waals surface area contributed by atoms with Crippen LogP contribution in [0.1, 0.15) is 52.8 Å². The number of hydrogen-bond donors (Lipinski definition) is 2. The van der Waals surface area contributed by atoms with Gasteiger partial charge < -0.3 is 14.6 Å². The molecule has 0 fully saturated rings. The molecule has 2 aromatic rings. The van der Waals surface area contributed by atoms with Gasteiger partial charge >= 0.3 is 7.12 Å². The molecule has 0 amide bonds. The number of aromatic nitrogens is 1. The molecule has 0 atom stereocenters. The summed E-state index contributed by atoms with van der Waals surface area (Å²) in [4.78, 5) is 0. The zero-order valence-electron chi connectivity index (χ0n) is 20.6. The first kappa shape index (κ1) is 24.6. The van der Waals surface area contributed by atoms with E-state index in [1.807, 2.05) is 45.1 Å². The Kier molecular flexibility index (Phi) is 7.01. The fourth-order valence-electron chi connectivity index (χ4n) is 5.04. The molecule has 0 spiro atoms. The molecule has 1 aliphatic carbocycles. The van der Waals surface area contributed by atoms with Gasteiger partial charge in [-0.3, -0.25) is 0 Å². The summed E-state index contributed by atoms with van der Waals surface area (Å²) in [7, 11) is -1.50. The topological polar surface area (TPSA) is 45.4 Å². The van der Waals surface area contributed by atoms with Crippen molar-refractivity contribution in [2.75, 3.05) is 0 Å². The van der Waals surface area contributed by atoms with Crippen molar-refractivity contribution < 1.29 is 10.0 Å². The fourth-order valence-corrected chi connectivity index (χ4v) is 5.04. The van der Waals surface area contributed by atoms with E-state index >= 15 is 0 Å². The Morgan fingerprint density at radius 1 is 1.03 bits per heavy atom. The minimum Gasteiger partial charge on any atom is -0.423 e. The first-order valence-corrected chi connectivity index (χ1v) is 11.4. The summed E-state index contributed by atoms with van der Waals surface area (Å²) in [5, 5.41) is 21.3. The second-order valence-corrected chi connectivity index (χ2v) is 8.85. The fraction of sp³-hybridized carbons (Fsp3) is 0.241. The molecule has 33 heavy (non-hydrogen) atoms. The number of rotatable bonds is 5. The van der Waals surface area contributed by atoms with Gasteiger partial charge in [0, 0.05) is 27.2 Å². The number of benzene rings is 1. The van der Waals surface area contributed by atoms with Gasteiger partial charge in [0.05, 0.1) is 5.69 Å². The highest BCUT2D eigenvalue weighted by atomic mass is 16.4. The van der Waals surface area contributed by atoms with E-state index < -0.39 is 7.12 Å². The third-order valence-electron chi connectivity index (χ3n) is 6.64. The van der Waals surface area contributed by atoms with Gasteiger partial charge in [-0.25, -0.2) is 0 Å². The van der Waals surface area contributed by atoms with Crippen molar-refractivity contribution in [1.82, 2.24) is 4.57 Å². The van der Waals surface area contributed by atoms with Crippen LogP contribution in [0.2, 0.25) is 0 Å². The monoisotopic (exact) mass is 439 g/mol. The van der Waals surface area contributed by atoms with Gasteiger partial charge in [0.1, 0.15) is 0 Å². The number of nitrogens with zero attached hydrogens (tertiary/aromatic N) is 1. The third-order valence-corrected chi connectivity index (χ3v) is 6.64. The molecule has 4 heteroatoms. The summed E-state index contributed by atoms with van der Waals surface area (Å²) in [6, 6.07) is 7.37. The predicted octanol–water partition coefficient (Wildman–Crippen LogP) is 4.27. The van der Waals surface area contributed by atoms with Gasteiger partial charge in [0.25, 0.3) is 0 Å². The van der Waals surface area contributed by atoms with Crippen LogP contribution >= 0.6 is 0 Å². The van der Waals surface area contributed by atoms with Gasteiger partial charge in [0.15, 0.2) is 0 Å². The summed E-state index contributed by atoms with van der Waals surface area (Å²) < 4.78 is 2.26. The molecule has 0 radical (unpaired) electrons. The first-order valence-electron chi connectivity index (χ1n) is 11.4. The highest BCUT2D eigenvalue weighted by Gasteiger charge is 2.40. The average Bonchev–Trinajstić information content (AvgIpc) is 3.19. The highest BCUT2D eigenvalue weighted by molar-refractivity contribution is 6.58. The molecular weight excluding hydrogens is 405 g/mol. The van der Waals surface area contributed by atoms with E-state index in [0.717, 1.165) is 33.1 Å². The van der Waals surface area contributed by atoms with Crippen LogP contribution in [-0.2, 0) is 0 Å². The molecule has 1 aliphatic rings. The molecule has 0 saturated heterocycles. The van der Waals surface area contributed by atoms with Crippen LogP contribution in [0.15, 0.2) is 72.4 Å². The highest BCUT2D eigenvalue weighted by Crippen LogP contribution is 2.54. The molecular formula is C29H34BNO2. The van der Waals surface area contributed by atoms with Gasteiger partial charge in [-0.15, -0.1) is 0 Å². The van der Waals surface area contributed by atoms with E-state index in [0.29, 0.717) is 5.46 Å². The van der Waals surface area contributed by atoms with Crippen LogP contribution in [0.5, 0.6) is 0 Å². The maximum absolute atomic E-state index is 9.57. The quantitative estimate of drug-likeness (QED) is 0.684. The van der Waals surface area contributed by atoms with Crippen molar-refractivity contribution in [1.29, 1.82) is 0 Å². The maximum Gasteiger partial charge on any atom is 0.488 e. The van der Waals surface area contributed by atoms with Crippen LogP contribution in [0, 0.1) is 5.41 Å². The molecule has 1 aromatic heterocycles. The molecule has 0 aliphatic heterocycles. The van der Waals surface area contributed by atoms with E-state index in [4.69, 9.17) is 0 Å². The first-order chi connectivity index (χ1) is 15.6. The normalized spacial score (nSPS) is 18.3. The Morgan fingerprint density at radius 2 is 1.67 bits per heavy atom. The third kappa shape index (κ3) is 3.94. The SMILES string of the molecule is C=Cc1c(C2=C(C)C(=C)/C(=C\C=C/C)C2(C)C)n(-c2ccc(B(O)O)cc2)c(=C/C)/c1=C\C. The van der Waals surface area contributed by atoms with Crippen LogP contribution in [0.4, 0.5) is 0 Å². The summed E-state index contributed by atoms with van der Waals surface area (Å²) in [6.45, 7) is 21.4. The van der Waals surface area contributed by atoms with Crippen molar-refractivity contribution in [2.45, 2.75) is 41.5 Å². The van der Waals surface area contributed by atoms with Crippen molar-refractivity contribution in [3.63, 3.8) is 0 Å². The van der Waals surface area contributed by atoms with E-state index in [-0.39, 0.29) is 5.41 Å². The molecule has 0 saturated carbocycles. The van der Waals surface area contributed by atoms with E-state index in [1.54, 1.807) is 12.1 Å². The van der Waals surface area contributed by atoms with E-state index in [1.165, 1.54) is 16.7 Å². The van der Waals surface area contributed by atoms with Crippen LogP contribution in [-0.4, -0.2) is 21.7 Å². The minimum absolute atomic E-state index is 0.258. The lowest BCUT2D eigenvalue weighted by atomic mass is 9.78. The smallest absolute Gasteiger partial charge is 0.423 e. The predicted molar refractivity (Wildman–Crippen MR) is 144 cm³/mol. The van der Waals surface area contributed by atoms with Gasteiger partial charge in [-0.05, 0) is 67.6 Å². The Labute approximate surface area is 197 Å². The molecule has 0 bridgehead atoms. The van der Waals surface area contributed by atoms with Crippen molar-refractivity contribution in [3.8, 4) is 5.69 Å². The maximum atomic E-state index is 9.57. The van der Waals surface area contributed by atoms with Gasteiger partial charge in [-0.2, -0.15) is 0 Å². The minimum atomic E-state index is -1.50. The summed E-state index contributed by atoms with van der Waals surface area (Å²) in [6.07, 6.45) is 12.4. The number of allylic oxidation sites excluding steroid dienone is 7. The summed E-state index contributed by atoms with van der Waals surface area (Å²) in [5.74, 6) is 0. The Bertz CT molecular complexity index is 1310. The Balaban J connectivity index is 2.48. The average molecular weight is 439 g/mol. The largest absolute Gasteiger partial charge is 0.488 e. The Hall–Kier alpha value is -3.08. The molecule has 170 valence electrons. The molecule has 3 nitrogen and oxygen atoms in total. The van der Waals surface area contributed by atoms with E-state index in [9.17, 15) is 10.0 Å². The molecule has 1 heterocycles. The second kappa shape index (κ2) is 9.42. The van der Waals surface area contributed by atoms with Crippen molar-refractivity contribution in [3.05, 3.63) is 94.2 Å². The molecule has 0 unspecified atom stereocenters. The lowest BCUT2D eigenvalue weighted by Crippen LogP contribution is -2.31. The summed E-state index contributed by atoms with van der Waals surface area (Å²) in [5.41, 5.74) is 7.98. The lowest BCUT2D eigenvalue weighted by molar-refractivity contribution is 0.426. The lowest BCUT2D eigenvalue weighted by Gasteiger charge is -2.27. The zero-order valence-corrected chi connectivity index (χ0v) is 20.6. The molecule has 3 rings (SSSR count). The summed E-state index contributed by atoms with van der Waals surface area (Å²) >= 11 is 0. The molecule has 2 N–H and O–H groups in total. The van der Waals surface area contributed by atoms with Crippen molar-refractivity contribution >= 4 is 36.4 Å².